The molecule has 0 saturated carbocycles. The molecule has 0 aromatic heterocycles. The highest BCUT2D eigenvalue weighted by Crippen LogP contribution is 2.11. The number of unbranched alkanes of at least 4 members (excludes halogenated alkanes) is 11. The van der Waals surface area contributed by atoms with E-state index in [0.717, 1.165) is 83.8 Å². The summed E-state index contributed by atoms with van der Waals surface area (Å²) in [4.78, 5) is 0. The second-order valence-corrected chi connectivity index (χ2v) is 10.8. The monoisotopic (exact) mass is 613 g/mol. The lowest BCUT2D eigenvalue weighted by molar-refractivity contribution is -0.147. The Kier molecular flexibility index (Phi) is 40.3. The van der Waals surface area contributed by atoms with Gasteiger partial charge in [-0.05, 0) is 82.4 Å². The first kappa shape index (κ1) is 43.7. The van der Waals surface area contributed by atoms with Gasteiger partial charge in [-0.25, -0.2) is 0 Å². The molecule has 0 N–H and O–H groups in total. The first-order valence-corrected chi connectivity index (χ1v) is 17.8. The van der Waals surface area contributed by atoms with Gasteiger partial charge in [-0.2, -0.15) is 0 Å². The standard InChI is InChI=1S/C21H36O2.C19H32O2/c1-4-7-10-11-12-13-14-15-18-21(22-19-16-8-5-2)23-20-17-9-6-3;1-4-7-10-11-12-13-14-15-16-19(20-17-8-5-2)21-18-9-6-3/h4,11-12,21H,1,5-6,8-9,13-20H2,2-3H3;12-13,16H,4-11,17-18H2,1-3H3/b12-11-;13-12-. The van der Waals surface area contributed by atoms with Gasteiger partial charge in [0.15, 0.2) is 6.29 Å². The lowest BCUT2D eigenvalue weighted by atomic mass is 10.2. The Morgan fingerprint density at radius 1 is 0.545 bits per heavy atom. The van der Waals surface area contributed by atoms with Crippen molar-refractivity contribution in [2.45, 2.75) is 156 Å². The molecule has 0 radical (unpaired) electrons. The van der Waals surface area contributed by atoms with Gasteiger partial charge in [0.2, 0.25) is 0 Å². The van der Waals surface area contributed by atoms with E-state index in [1.54, 1.807) is 12.2 Å². The summed E-state index contributed by atoms with van der Waals surface area (Å²) in [5.74, 6) is 12.3. The van der Waals surface area contributed by atoms with Crippen molar-refractivity contribution in [3.63, 3.8) is 0 Å². The van der Waals surface area contributed by atoms with Crippen LogP contribution in [0.5, 0.6) is 0 Å². The molecule has 0 aliphatic carbocycles. The van der Waals surface area contributed by atoms with Crippen LogP contribution in [-0.4, -0.2) is 32.7 Å². The summed E-state index contributed by atoms with van der Waals surface area (Å²) in [6, 6.07) is 0. The first-order valence-electron chi connectivity index (χ1n) is 17.8. The van der Waals surface area contributed by atoms with Crippen molar-refractivity contribution < 1.29 is 18.9 Å². The predicted molar refractivity (Wildman–Crippen MR) is 191 cm³/mol. The van der Waals surface area contributed by atoms with Gasteiger partial charge in [0, 0.05) is 13.2 Å². The van der Waals surface area contributed by atoms with Gasteiger partial charge < -0.3 is 18.9 Å². The maximum Gasteiger partial charge on any atom is 0.287 e. The van der Waals surface area contributed by atoms with Gasteiger partial charge in [0.25, 0.3) is 5.95 Å². The molecular weight excluding hydrogens is 544 g/mol. The molecule has 4 nitrogen and oxygen atoms in total. The van der Waals surface area contributed by atoms with Gasteiger partial charge in [-0.3, -0.25) is 0 Å². The van der Waals surface area contributed by atoms with Crippen LogP contribution >= 0.6 is 0 Å². The molecule has 0 fully saturated rings. The van der Waals surface area contributed by atoms with Crippen molar-refractivity contribution in [1.29, 1.82) is 0 Å². The van der Waals surface area contributed by atoms with E-state index in [-0.39, 0.29) is 6.29 Å². The van der Waals surface area contributed by atoms with Crippen molar-refractivity contribution >= 4 is 0 Å². The molecule has 0 aromatic rings. The minimum Gasteiger partial charge on any atom is -0.465 e. The summed E-state index contributed by atoms with van der Waals surface area (Å²) in [6.07, 6.45) is 32.2. The Hall–Kier alpha value is -2.40. The maximum atomic E-state index is 5.91. The van der Waals surface area contributed by atoms with Crippen LogP contribution in [0.2, 0.25) is 0 Å². The summed E-state index contributed by atoms with van der Waals surface area (Å²) in [6.45, 7) is 17.5. The molecule has 0 rings (SSSR count). The second kappa shape index (κ2) is 40.6. The molecule has 0 aromatic carbocycles. The molecule has 0 aliphatic heterocycles. The van der Waals surface area contributed by atoms with Crippen LogP contribution < -0.4 is 0 Å². The highest BCUT2D eigenvalue weighted by Gasteiger charge is 2.08. The van der Waals surface area contributed by atoms with Crippen molar-refractivity contribution in [3.8, 4) is 23.7 Å². The fourth-order valence-electron chi connectivity index (χ4n) is 3.73. The predicted octanol–water partition coefficient (Wildman–Crippen LogP) is 11.6. The Labute approximate surface area is 274 Å². The number of hydrogen-bond acceptors (Lipinski definition) is 4. The first-order chi connectivity index (χ1) is 21.7. The SMILES string of the molecule is C=CC#C/C=C\CCCCC(OCCCCC)OCCCCC.CCCCC/C=C\C#CC=C(OCCCC)OCCCC. The number of hydrogen-bond donors (Lipinski definition) is 0. The molecule has 0 saturated heterocycles. The number of allylic oxidation sites excluding steroid dienone is 6. The minimum absolute atomic E-state index is 0.0201. The smallest absolute Gasteiger partial charge is 0.287 e. The van der Waals surface area contributed by atoms with Gasteiger partial charge in [0.1, 0.15) is 0 Å². The van der Waals surface area contributed by atoms with Crippen molar-refractivity contribution in [2.24, 2.45) is 0 Å². The van der Waals surface area contributed by atoms with Crippen molar-refractivity contribution in [2.75, 3.05) is 26.4 Å². The zero-order chi connectivity index (χ0) is 32.6. The van der Waals surface area contributed by atoms with Crippen LogP contribution in [0.4, 0.5) is 0 Å². The summed E-state index contributed by atoms with van der Waals surface area (Å²) in [5, 5.41) is 0. The molecule has 44 heavy (non-hydrogen) atoms. The van der Waals surface area contributed by atoms with E-state index in [9.17, 15) is 0 Å². The fourth-order valence-corrected chi connectivity index (χ4v) is 3.73. The highest BCUT2D eigenvalue weighted by atomic mass is 16.7. The lowest BCUT2D eigenvalue weighted by Crippen LogP contribution is -2.19. The summed E-state index contributed by atoms with van der Waals surface area (Å²) >= 11 is 0. The lowest BCUT2D eigenvalue weighted by Gasteiger charge is -2.18. The maximum absolute atomic E-state index is 5.91. The Balaban J connectivity index is 0. The summed E-state index contributed by atoms with van der Waals surface area (Å²) < 4.78 is 23.0. The van der Waals surface area contributed by atoms with E-state index < -0.39 is 0 Å². The largest absolute Gasteiger partial charge is 0.465 e. The molecule has 0 aliphatic rings. The molecule has 0 bridgehead atoms. The van der Waals surface area contributed by atoms with Gasteiger partial charge in [0.05, 0.1) is 19.3 Å². The van der Waals surface area contributed by atoms with E-state index in [0.29, 0.717) is 19.2 Å². The third-order valence-electron chi connectivity index (χ3n) is 6.48. The van der Waals surface area contributed by atoms with Gasteiger partial charge in [-0.1, -0.05) is 128 Å². The number of rotatable bonds is 27. The van der Waals surface area contributed by atoms with Crippen molar-refractivity contribution in [1.82, 2.24) is 0 Å². The molecular formula is C40H68O4. The van der Waals surface area contributed by atoms with Gasteiger partial charge >= 0.3 is 0 Å². The summed E-state index contributed by atoms with van der Waals surface area (Å²) in [7, 11) is 0. The highest BCUT2D eigenvalue weighted by molar-refractivity contribution is 5.24. The summed E-state index contributed by atoms with van der Waals surface area (Å²) in [5.41, 5.74) is 0. The van der Waals surface area contributed by atoms with E-state index in [1.807, 2.05) is 12.2 Å². The quantitative estimate of drug-likeness (QED) is 0.0400. The van der Waals surface area contributed by atoms with Crippen LogP contribution in [0.3, 0.4) is 0 Å². The molecule has 0 atom stereocenters. The van der Waals surface area contributed by atoms with E-state index >= 15 is 0 Å². The fraction of sp³-hybridized carbons (Fsp3) is 0.700. The number of ether oxygens (including phenoxy) is 4. The Morgan fingerprint density at radius 3 is 1.52 bits per heavy atom. The van der Waals surface area contributed by atoms with Gasteiger partial charge in [-0.15, -0.1) is 0 Å². The molecule has 0 amide bonds. The minimum atomic E-state index is -0.0201. The Morgan fingerprint density at radius 2 is 1.02 bits per heavy atom. The van der Waals surface area contributed by atoms with E-state index in [4.69, 9.17) is 18.9 Å². The van der Waals surface area contributed by atoms with Crippen LogP contribution in [0.25, 0.3) is 0 Å². The molecule has 0 heterocycles. The molecule has 252 valence electrons. The van der Waals surface area contributed by atoms with Crippen LogP contribution in [0.15, 0.2) is 49.0 Å². The molecule has 4 heteroatoms. The molecule has 0 spiro atoms. The van der Waals surface area contributed by atoms with E-state index in [2.05, 4.69) is 77.0 Å². The topological polar surface area (TPSA) is 36.9 Å². The average Bonchev–Trinajstić information content (AvgIpc) is 3.03. The third kappa shape index (κ3) is 37.6. The Bertz CT molecular complexity index is 779. The second-order valence-electron chi connectivity index (χ2n) is 10.8. The zero-order valence-corrected chi connectivity index (χ0v) is 29.4. The van der Waals surface area contributed by atoms with Crippen molar-refractivity contribution in [3.05, 3.63) is 49.0 Å². The molecule has 0 unspecified atom stereocenters. The normalized spacial score (nSPS) is 10.5. The zero-order valence-electron chi connectivity index (χ0n) is 29.4. The van der Waals surface area contributed by atoms with E-state index in [1.165, 1.54) is 44.9 Å². The average molecular weight is 613 g/mol. The van der Waals surface area contributed by atoms with Crippen LogP contribution in [-0.2, 0) is 18.9 Å². The van der Waals surface area contributed by atoms with Crippen LogP contribution in [0, 0.1) is 23.7 Å². The third-order valence-corrected chi connectivity index (χ3v) is 6.48. The van der Waals surface area contributed by atoms with Crippen LogP contribution in [0.1, 0.15) is 150 Å².